The summed E-state index contributed by atoms with van der Waals surface area (Å²) in [6.07, 6.45) is -9.15. The van der Waals surface area contributed by atoms with Crippen LogP contribution >= 0.6 is 0 Å². The van der Waals surface area contributed by atoms with Crippen LogP contribution in [0.2, 0.25) is 0 Å². The third-order valence-electron chi connectivity index (χ3n) is 18.4. The average Bonchev–Trinajstić information content (AvgIpc) is 3.88. The molecule has 0 radical (unpaired) electrons. The molecule has 4 aliphatic heterocycles. The molecule has 5 N–H and O–H groups in total. The minimum absolute atomic E-state index is 0.00192. The summed E-state index contributed by atoms with van der Waals surface area (Å²) in [6.45, 7) is 15.7. The van der Waals surface area contributed by atoms with E-state index in [1.165, 1.54) is 7.11 Å². The highest BCUT2D eigenvalue weighted by atomic mass is 16.8. The number of Topliss-reactive ketones (excluding diaryl/α,β-unsaturated/α-hetero) is 1. The third kappa shape index (κ3) is 8.66. The van der Waals surface area contributed by atoms with Crippen molar-refractivity contribution in [3.8, 4) is 0 Å². The van der Waals surface area contributed by atoms with Crippen LogP contribution in [0.5, 0.6) is 0 Å². The summed E-state index contributed by atoms with van der Waals surface area (Å²) >= 11 is 0. The van der Waals surface area contributed by atoms with E-state index in [0.717, 1.165) is 6.42 Å². The van der Waals surface area contributed by atoms with Crippen LogP contribution in [0.15, 0.2) is 23.3 Å². The van der Waals surface area contributed by atoms with Gasteiger partial charge in [-0.05, 0) is 105 Å². The lowest BCUT2D eigenvalue weighted by atomic mass is 9.43. The summed E-state index contributed by atoms with van der Waals surface area (Å²) in [5, 5.41) is 52.4. The van der Waals surface area contributed by atoms with Crippen molar-refractivity contribution in [2.45, 2.75) is 229 Å². The van der Waals surface area contributed by atoms with Crippen molar-refractivity contribution in [1.29, 1.82) is 0 Å². The fraction of sp³-hybridized carbons (Fsp3) is 0.863. The normalized spacial score (nSPS) is 50.2. The average molecular weight is 995 g/mol. The Morgan fingerprint density at radius 1 is 0.686 bits per heavy atom. The standard InChI is InChI=1S/C51H78O19/c1-12-23(3)44(58)66-41-42-48(8)17-15-29(20-28(48)14-18-50(42)51(70-50)19-16-30(25(5)53)49(51,9)43(41)69-45(59)24(4)13-2)64-33-21-31(60-10)38(26(6)62-33)67-47-37(57)40(61-11)39(27(7)63-47)68-46-36(56)35(55)34(54)32(22-52)65-46/h12-13,26-43,46-47,52,54-57H,14-22H2,1-11H3/b23-12-,24-13-/t26-,27-,28+,29+,30+,31-,32-,33+,34-,35+,36-,37-,38-,39-,40+,41+,42-,43-,46+,47+,48+,49+,50+,51-/m1/s1. The molecule has 4 saturated heterocycles. The number of esters is 2. The summed E-state index contributed by atoms with van der Waals surface area (Å²) in [7, 11) is 2.94. The van der Waals surface area contributed by atoms with Gasteiger partial charge in [0.25, 0.3) is 0 Å². The van der Waals surface area contributed by atoms with Gasteiger partial charge in [0, 0.05) is 49.0 Å². The lowest BCUT2D eigenvalue weighted by molar-refractivity contribution is -0.371. The van der Waals surface area contributed by atoms with E-state index in [9.17, 15) is 39.9 Å². The Balaban J connectivity index is 0.962. The number of carbonyl (C=O) groups is 3. The van der Waals surface area contributed by atoms with Crippen molar-refractivity contribution >= 4 is 17.7 Å². The Morgan fingerprint density at radius 2 is 1.33 bits per heavy atom. The third-order valence-corrected chi connectivity index (χ3v) is 18.4. The van der Waals surface area contributed by atoms with Crippen molar-refractivity contribution in [3.05, 3.63) is 23.3 Å². The monoisotopic (exact) mass is 995 g/mol. The van der Waals surface area contributed by atoms with E-state index < -0.39 is 145 Å². The van der Waals surface area contributed by atoms with E-state index >= 15 is 0 Å². The Bertz CT molecular complexity index is 1990. The van der Waals surface area contributed by atoms with Gasteiger partial charge in [0.05, 0.1) is 31.0 Å². The number of carbonyl (C=O) groups excluding carboxylic acids is 3. The van der Waals surface area contributed by atoms with Crippen molar-refractivity contribution in [2.75, 3.05) is 20.8 Å². The number of ether oxygens (including phenoxy) is 11. The zero-order valence-corrected chi connectivity index (χ0v) is 42.5. The van der Waals surface area contributed by atoms with Crippen molar-refractivity contribution < 1.29 is 92.0 Å². The SMILES string of the molecule is C/C=C(/C)C(=O)O[C@@H]1[C@@H](OC(=O)/C(C)=C\C)[C@]2(C)[C@H](C(C)=O)CC[C@@]23O[C@]32CC[C@H]3C[C@@H](O[C@H]4C[C@@H](OC)[C@H](O[C@@H]5O[C@H](C)[C@@H](O[C@@H]6O[C@H](CO)[C@@H](O)[C@H](O)[C@H]6O)[C@@H](OC)[C@H]5O)[C@@H](C)O4)CC[C@]3(C)[C@@H]12. The molecule has 19 nitrogen and oxygen atoms in total. The molecule has 70 heavy (non-hydrogen) atoms. The minimum atomic E-state index is -1.67. The predicted molar refractivity (Wildman–Crippen MR) is 244 cm³/mol. The lowest BCUT2D eigenvalue weighted by Gasteiger charge is -2.61. The van der Waals surface area contributed by atoms with Crippen LogP contribution in [0.3, 0.4) is 0 Å². The highest BCUT2D eigenvalue weighted by molar-refractivity contribution is 5.89. The largest absolute Gasteiger partial charge is 0.455 e. The van der Waals surface area contributed by atoms with Crippen LogP contribution in [0.1, 0.15) is 114 Å². The van der Waals surface area contributed by atoms with Crippen LogP contribution in [0, 0.1) is 28.6 Å². The number of hydrogen-bond acceptors (Lipinski definition) is 19. The molecule has 4 aliphatic carbocycles. The van der Waals surface area contributed by atoms with Crippen molar-refractivity contribution in [1.82, 2.24) is 0 Å². The highest BCUT2D eigenvalue weighted by Gasteiger charge is 2.91. The lowest BCUT2D eigenvalue weighted by Crippen LogP contribution is -2.70. The molecule has 8 rings (SSSR count). The van der Waals surface area contributed by atoms with Crippen LogP contribution in [0.25, 0.3) is 0 Å². The summed E-state index contributed by atoms with van der Waals surface area (Å²) < 4.78 is 69.5. The molecular formula is C51H78O19. The van der Waals surface area contributed by atoms with E-state index in [4.69, 9.17) is 52.1 Å². The molecule has 396 valence electrons. The minimum Gasteiger partial charge on any atom is -0.455 e. The zero-order chi connectivity index (χ0) is 51.0. The van der Waals surface area contributed by atoms with E-state index in [1.54, 1.807) is 60.8 Å². The number of methoxy groups -OCH3 is 2. The highest BCUT2D eigenvalue weighted by Crippen LogP contribution is 2.81. The molecule has 2 spiro atoms. The summed E-state index contributed by atoms with van der Waals surface area (Å²) in [5.74, 6) is -1.70. The first kappa shape index (κ1) is 53.8. The van der Waals surface area contributed by atoms with E-state index in [1.807, 2.05) is 13.8 Å². The van der Waals surface area contributed by atoms with Gasteiger partial charge in [0.15, 0.2) is 18.9 Å². The molecular weight excluding hydrogens is 917 g/mol. The van der Waals surface area contributed by atoms with Gasteiger partial charge in [-0.1, -0.05) is 26.0 Å². The van der Waals surface area contributed by atoms with Gasteiger partial charge in [-0.2, -0.15) is 0 Å². The summed E-state index contributed by atoms with van der Waals surface area (Å²) in [5.41, 5.74) is -1.94. The molecule has 0 aromatic rings. The number of hydrogen-bond donors (Lipinski definition) is 5. The maximum absolute atomic E-state index is 13.9. The molecule has 8 fully saturated rings. The molecule has 0 unspecified atom stereocenters. The smallest absolute Gasteiger partial charge is 0.333 e. The second-order valence-electron chi connectivity index (χ2n) is 21.8. The van der Waals surface area contributed by atoms with Crippen molar-refractivity contribution in [2.24, 2.45) is 28.6 Å². The van der Waals surface area contributed by atoms with E-state index in [2.05, 4.69) is 6.92 Å². The van der Waals surface area contributed by atoms with Crippen LogP contribution in [-0.4, -0.2) is 180 Å². The Hall–Kier alpha value is -2.47. The fourth-order valence-corrected chi connectivity index (χ4v) is 14.3. The number of ketones is 1. The van der Waals surface area contributed by atoms with E-state index in [0.29, 0.717) is 56.1 Å². The molecule has 19 heteroatoms. The number of allylic oxidation sites excluding steroid dienone is 2. The topological polar surface area (TPSA) is 257 Å². The van der Waals surface area contributed by atoms with Gasteiger partial charge >= 0.3 is 11.9 Å². The summed E-state index contributed by atoms with van der Waals surface area (Å²) in [4.78, 5) is 41.3. The van der Waals surface area contributed by atoms with Crippen LogP contribution in [-0.2, 0) is 66.5 Å². The second kappa shape index (κ2) is 20.3. The quantitative estimate of drug-likeness (QED) is 0.0726. The van der Waals surface area contributed by atoms with Gasteiger partial charge in [-0.25, -0.2) is 9.59 Å². The molecule has 4 saturated carbocycles. The number of aliphatic hydroxyl groups is 5. The first-order valence-corrected chi connectivity index (χ1v) is 25.3. The second-order valence-corrected chi connectivity index (χ2v) is 21.8. The maximum Gasteiger partial charge on any atom is 0.333 e. The Morgan fingerprint density at radius 3 is 1.96 bits per heavy atom. The predicted octanol–water partition coefficient (Wildman–Crippen LogP) is 2.71. The van der Waals surface area contributed by atoms with Crippen LogP contribution < -0.4 is 0 Å². The van der Waals surface area contributed by atoms with E-state index in [-0.39, 0.29) is 23.7 Å². The molecule has 8 aliphatic rings. The van der Waals surface area contributed by atoms with Gasteiger partial charge in [0.1, 0.15) is 78.0 Å². The molecule has 0 aromatic heterocycles. The summed E-state index contributed by atoms with van der Waals surface area (Å²) in [6, 6.07) is 0. The zero-order valence-electron chi connectivity index (χ0n) is 42.5. The molecule has 24 atom stereocenters. The van der Waals surface area contributed by atoms with Gasteiger partial charge in [-0.15, -0.1) is 0 Å². The number of fused-ring (bicyclic) bond motifs is 2. The fourth-order valence-electron chi connectivity index (χ4n) is 14.3. The Kier molecular flexibility index (Phi) is 15.6. The molecule has 0 aromatic carbocycles. The first-order valence-electron chi connectivity index (χ1n) is 25.3. The Labute approximate surface area is 410 Å². The first-order chi connectivity index (χ1) is 33.1. The van der Waals surface area contributed by atoms with Crippen molar-refractivity contribution in [3.63, 3.8) is 0 Å². The number of rotatable bonds is 14. The maximum atomic E-state index is 13.9. The molecule has 0 amide bonds. The number of epoxide rings is 1. The van der Waals surface area contributed by atoms with Gasteiger partial charge < -0.3 is 77.6 Å². The van der Waals surface area contributed by atoms with Gasteiger partial charge in [-0.3, -0.25) is 4.79 Å². The van der Waals surface area contributed by atoms with Gasteiger partial charge in [0.2, 0.25) is 0 Å². The molecule has 4 heterocycles. The van der Waals surface area contributed by atoms with Crippen LogP contribution in [0.4, 0.5) is 0 Å². The molecule has 0 bridgehead atoms. The number of aliphatic hydroxyl groups excluding tert-OH is 5.